The minimum Gasteiger partial charge on any atom is -0.324 e. The summed E-state index contributed by atoms with van der Waals surface area (Å²) in [5.41, 5.74) is 0.706. The highest BCUT2D eigenvalue weighted by Gasteiger charge is 2.38. The number of piperidine rings is 1. The van der Waals surface area contributed by atoms with Gasteiger partial charge in [-0.05, 0) is 35.7 Å². The third kappa shape index (κ3) is 3.50. The number of nitrogens with one attached hydrogen (secondary N) is 1. The maximum absolute atomic E-state index is 13.0. The number of carbonyl (C=O) groups is 1. The molecule has 0 aliphatic carbocycles. The van der Waals surface area contributed by atoms with Crippen molar-refractivity contribution in [3.05, 3.63) is 60.0 Å². The van der Waals surface area contributed by atoms with Crippen LogP contribution in [0.2, 0.25) is 0 Å². The van der Waals surface area contributed by atoms with Crippen molar-refractivity contribution in [3.63, 3.8) is 0 Å². The number of hydrogen-bond donors (Lipinski definition) is 1. The van der Waals surface area contributed by atoms with Crippen LogP contribution < -0.4 is 5.32 Å². The zero-order valence-corrected chi connectivity index (χ0v) is 16.3. The predicted octanol–water partition coefficient (Wildman–Crippen LogP) is 4.08. The number of benzene rings is 2. The lowest BCUT2D eigenvalue weighted by molar-refractivity contribution is -0.120. The van der Waals surface area contributed by atoms with E-state index in [0.717, 1.165) is 23.6 Å². The Morgan fingerprint density at radius 3 is 2.67 bits per heavy atom. The molecule has 1 atom stereocenters. The third-order valence-corrected chi connectivity index (χ3v) is 8.14. The molecule has 140 valence electrons. The summed E-state index contributed by atoms with van der Waals surface area (Å²) in [5.74, 6) is -0.272. The maximum atomic E-state index is 13.0. The number of nitrogens with zero attached hydrogens (tertiary/aromatic N) is 1. The van der Waals surface area contributed by atoms with Crippen molar-refractivity contribution in [2.75, 3.05) is 11.9 Å². The van der Waals surface area contributed by atoms with E-state index < -0.39 is 16.1 Å². The van der Waals surface area contributed by atoms with E-state index in [1.54, 1.807) is 17.5 Å². The fourth-order valence-corrected chi connectivity index (χ4v) is 6.31. The first-order valence-corrected chi connectivity index (χ1v) is 11.2. The second-order valence-electron chi connectivity index (χ2n) is 6.58. The van der Waals surface area contributed by atoms with E-state index in [2.05, 4.69) is 5.32 Å². The average Bonchev–Trinajstić information content (AvgIpc) is 3.24. The van der Waals surface area contributed by atoms with Gasteiger partial charge in [0, 0.05) is 17.6 Å². The number of sulfonamides is 1. The van der Waals surface area contributed by atoms with Crippen LogP contribution in [0.15, 0.2) is 64.2 Å². The highest BCUT2D eigenvalue weighted by atomic mass is 32.2. The summed E-state index contributed by atoms with van der Waals surface area (Å²) in [4.78, 5) is 13.0. The van der Waals surface area contributed by atoms with Crippen molar-refractivity contribution in [1.29, 1.82) is 0 Å². The lowest BCUT2D eigenvalue weighted by Gasteiger charge is -2.33. The second kappa shape index (κ2) is 7.42. The fraction of sp³-hybridized carbons (Fsp3) is 0.250. The first-order chi connectivity index (χ1) is 13.1. The van der Waals surface area contributed by atoms with Gasteiger partial charge < -0.3 is 5.32 Å². The summed E-state index contributed by atoms with van der Waals surface area (Å²) in [6.45, 7) is 0.369. The van der Waals surface area contributed by atoms with Crippen LogP contribution in [0, 0.1) is 0 Å². The predicted molar refractivity (Wildman–Crippen MR) is 108 cm³/mol. The first-order valence-electron chi connectivity index (χ1n) is 8.91. The molecule has 1 N–H and O–H groups in total. The Morgan fingerprint density at radius 2 is 1.85 bits per heavy atom. The van der Waals surface area contributed by atoms with E-state index in [-0.39, 0.29) is 10.1 Å². The summed E-state index contributed by atoms with van der Waals surface area (Å²) < 4.78 is 27.6. The molecule has 2 heterocycles. The zero-order chi connectivity index (χ0) is 18.9. The van der Waals surface area contributed by atoms with Gasteiger partial charge >= 0.3 is 0 Å². The summed E-state index contributed by atoms with van der Waals surface area (Å²) in [7, 11) is -3.66. The highest BCUT2D eigenvalue weighted by molar-refractivity contribution is 7.91. The third-order valence-electron chi connectivity index (χ3n) is 4.86. The number of anilines is 1. The molecule has 0 spiro atoms. The molecule has 3 aromatic rings. The molecule has 2 aromatic carbocycles. The van der Waals surface area contributed by atoms with Crippen molar-refractivity contribution in [2.24, 2.45) is 0 Å². The van der Waals surface area contributed by atoms with Gasteiger partial charge in [0.25, 0.3) is 10.0 Å². The maximum Gasteiger partial charge on any atom is 0.253 e. The van der Waals surface area contributed by atoms with Crippen molar-refractivity contribution < 1.29 is 13.2 Å². The van der Waals surface area contributed by atoms with Gasteiger partial charge in [-0.3, -0.25) is 4.79 Å². The number of hydrogen-bond acceptors (Lipinski definition) is 4. The number of rotatable bonds is 4. The summed E-state index contributed by atoms with van der Waals surface area (Å²) in [5, 5.41) is 6.67. The van der Waals surface area contributed by atoms with Gasteiger partial charge in [-0.2, -0.15) is 4.31 Å². The monoisotopic (exact) mass is 400 g/mol. The van der Waals surface area contributed by atoms with Gasteiger partial charge in [-0.15, -0.1) is 11.3 Å². The zero-order valence-electron chi connectivity index (χ0n) is 14.7. The van der Waals surface area contributed by atoms with E-state index in [1.807, 2.05) is 42.5 Å². The van der Waals surface area contributed by atoms with Gasteiger partial charge in [0.15, 0.2) is 0 Å². The Bertz CT molecular complexity index is 1060. The minimum atomic E-state index is -3.66. The van der Waals surface area contributed by atoms with Gasteiger partial charge in [-0.25, -0.2) is 8.42 Å². The van der Waals surface area contributed by atoms with E-state index in [9.17, 15) is 13.2 Å². The molecular formula is C20H20N2O3S2. The van der Waals surface area contributed by atoms with Gasteiger partial charge in [0.05, 0.1) is 0 Å². The largest absolute Gasteiger partial charge is 0.324 e. The molecule has 27 heavy (non-hydrogen) atoms. The molecule has 1 saturated heterocycles. The topological polar surface area (TPSA) is 66.5 Å². The molecular weight excluding hydrogens is 380 g/mol. The summed E-state index contributed by atoms with van der Waals surface area (Å²) in [6, 6.07) is 16.1. The van der Waals surface area contributed by atoms with Crippen LogP contribution in [0.5, 0.6) is 0 Å². The van der Waals surface area contributed by atoms with Gasteiger partial charge in [0.2, 0.25) is 5.91 Å². The van der Waals surface area contributed by atoms with Crippen LogP contribution in [0.1, 0.15) is 19.3 Å². The van der Waals surface area contributed by atoms with Crippen LogP contribution in [0.25, 0.3) is 10.8 Å². The fourth-order valence-electron chi connectivity index (χ4n) is 3.53. The highest BCUT2D eigenvalue weighted by Crippen LogP contribution is 2.29. The van der Waals surface area contributed by atoms with Crippen molar-refractivity contribution in [2.45, 2.75) is 29.5 Å². The normalized spacial score (nSPS) is 18.4. The number of carbonyl (C=O) groups excluding carboxylic acids is 1. The standard InChI is InChI=1S/C20H20N2O3S2/c23-20(21-17-10-5-8-15-7-1-2-9-16(15)17)18-11-3-4-13-22(18)27(24,25)19-12-6-14-26-19/h1-2,5-10,12,14,18H,3-4,11,13H2,(H,21,23). The quantitative estimate of drug-likeness (QED) is 0.717. The van der Waals surface area contributed by atoms with E-state index >= 15 is 0 Å². The second-order valence-corrected chi connectivity index (χ2v) is 9.64. The number of amides is 1. The molecule has 4 rings (SSSR count). The molecule has 1 amide bonds. The Balaban J connectivity index is 1.63. The van der Waals surface area contributed by atoms with Crippen LogP contribution in [0.4, 0.5) is 5.69 Å². The molecule has 7 heteroatoms. The average molecular weight is 401 g/mol. The minimum absolute atomic E-state index is 0.272. The van der Waals surface area contributed by atoms with Crippen LogP contribution in [-0.2, 0) is 14.8 Å². The molecule has 0 radical (unpaired) electrons. The summed E-state index contributed by atoms with van der Waals surface area (Å²) in [6.07, 6.45) is 2.13. The molecule has 1 aromatic heterocycles. The van der Waals surface area contributed by atoms with Crippen LogP contribution >= 0.6 is 11.3 Å². The van der Waals surface area contributed by atoms with Crippen molar-refractivity contribution >= 4 is 43.7 Å². The van der Waals surface area contributed by atoms with Gasteiger partial charge in [0.1, 0.15) is 10.3 Å². The SMILES string of the molecule is O=C(Nc1cccc2ccccc12)C1CCCCN1S(=O)(=O)c1cccs1. The number of fused-ring (bicyclic) bond motifs is 1. The summed E-state index contributed by atoms with van der Waals surface area (Å²) >= 11 is 1.18. The Morgan fingerprint density at radius 1 is 1.04 bits per heavy atom. The van der Waals surface area contributed by atoms with Crippen LogP contribution in [-0.4, -0.2) is 31.2 Å². The van der Waals surface area contributed by atoms with Crippen molar-refractivity contribution in [1.82, 2.24) is 4.31 Å². The van der Waals surface area contributed by atoms with E-state index in [0.29, 0.717) is 18.7 Å². The molecule has 0 bridgehead atoms. The lowest BCUT2D eigenvalue weighted by Crippen LogP contribution is -2.49. The van der Waals surface area contributed by atoms with Gasteiger partial charge in [-0.1, -0.05) is 48.9 Å². The number of thiophene rings is 1. The molecule has 5 nitrogen and oxygen atoms in total. The molecule has 0 saturated carbocycles. The molecule has 1 unspecified atom stereocenters. The Labute approximate surface area is 162 Å². The van der Waals surface area contributed by atoms with Crippen LogP contribution in [0.3, 0.4) is 0 Å². The molecule has 1 aliphatic rings. The Kier molecular flexibility index (Phi) is 4.99. The molecule has 1 fully saturated rings. The smallest absolute Gasteiger partial charge is 0.253 e. The van der Waals surface area contributed by atoms with E-state index in [1.165, 1.54) is 15.6 Å². The Hall–Kier alpha value is -2.22. The lowest BCUT2D eigenvalue weighted by atomic mass is 10.0. The van der Waals surface area contributed by atoms with Crippen molar-refractivity contribution in [3.8, 4) is 0 Å². The first kappa shape index (κ1) is 18.2. The molecule has 1 aliphatic heterocycles. The van der Waals surface area contributed by atoms with E-state index in [4.69, 9.17) is 0 Å².